The summed E-state index contributed by atoms with van der Waals surface area (Å²) >= 11 is 0. The fraction of sp³-hybridized carbons (Fsp3) is 0.263. The average Bonchev–Trinajstić information content (AvgIpc) is 2.55. The van der Waals surface area contributed by atoms with Gasteiger partial charge in [0.2, 0.25) is 5.91 Å². The van der Waals surface area contributed by atoms with E-state index in [9.17, 15) is 9.59 Å². The van der Waals surface area contributed by atoms with Crippen LogP contribution in [0.15, 0.2) is 48.5 Å². The molecule has 0 heterocycles. The van der Waals surface area contributed by atoms with Gasteiger partial charge in [0, 0.05) is 6.42 Å². The molecule has 0 saturated heterocycles. The first-order chi connectivity index (χ1) is 11.1. The molecule has 120 valence electrons. The summed E-state index contributed by atoms with van der Waals surface area (Å²) in [5.41, 5.74) is 3.17. The van der Waals surface area contributed by atoms with E-state index in [1.54, 1.807) is 31.2 Å². The van der Waals surface area contributed by atoms with Gasteiger partial charge in [-0.15, -0.1) is 0 Å². The monoisotopic (exact) mass is 311 g/mol. The Bertz CT molecular complexity index is 677. The van der Waals surface area contributed by atoms with Crippen molar-refractivity contribution in [3.63, 3.8) is 0 Å². The Labute approximate surface area is 136 Å². The minimum absolute atomic E-state index is 0.123. The van der Waals surface area contributed by atoms with Crippen LogP contribution in [-0.2, 0) is 16.0 Å². The summed E-state index contributed by atoms with van der Waals surface area (Å²) in [5.74, 6) is -0.552. The molecule has 4 heteroatoms. The van der Waals surface area contributed by atoms with Crippen molar-refractivity contribution >= 4 is 17.6 Å². The molecule has 0 atom stereocenters. The SMILES string of the molecule is CCOC(=O)c1ccccc1NC(=O)CCc1ccc(C)cc1. The normalized spacial score (nSPS) is 10.2. The molecule has 23 heavy (non-hydrogen) atoms. The zero-order chi connectivity index (χ0) is 16.7. The van der Waals surface area contributed by atoms with Gasteiger partial charge in [0.05, 0.1) is 17.9 Å². The van der Waals surface area contributed by atoms with Gasteiger partial charge in [-0.2, -0.15) is 0 Å². The number of ether oxygens (including phenoxy) is 1. The maximum atomic E-state index is 12.1. The number of benzene rings is 2. The van der Waals surface area contributed by atoms with Gasteiger partial charge >= 0.3 is 5.97 Å². The number of hydrogen-bond donors (Lipinski definition) is 1. The van der Waals surface area contributed by atoms with Gasteiger partial charge < -0.3 is 10.1 Å². The Morgan fingerprint density at radius 3 is 2.43 bits per heavy atom. The second-order valence-electron chi connectivity index (χ2n) is 5.30. The fourth-order valence-electron chi connectivity index (χ4n) is 2.20. The summed E-state index contributed by atoms with van der Waals surface area (Å²) in [6.07, 6.45) is 1.02. The van der Waals surface area contributed by atoms with Gasteiger partial charge in [0.25, 0.3) is 0 Å². The van der Waals surface area contributed by atoms with Gasteiger partial charge in [-0.1, -0.05) is 42.0 Å². The quantitative estimate of drug-likeness (QED) is 0.827. The van der Waals surface area contributed by atoms with E-state index in [2.05, 4.69) is 5.32 Å². The van der Waals surface area contributed by atoms with Gasteiger partial charge in [0.1, 0.15) is 0 Å². The highest BCUT2D eigenvalue weighted by molar-refractivity contribution is 6.01. The van der Waals surface area contributed by atoms with E-state index in [-0.39, 0.29) is 5.91 Å². The Balaban J connectivity index is 1.97. The van der Waals surface area contributed by atoms with Crippen LogP contribution in [0.2, 0.25) is 0 Å². The molecule has 1 amide bonds. The van der Waals surface area contributed by atoms with Crippen molar-refractivity contribution in [3.05, 3.63) is 65.2 Å². The smallest absolute Gasteiger partial charge is 0.340 e. The molecular weight excluding hydrogens is 290 g/mol. The predicted octanol–water partition coefficient (Wildman–Crippen LogP) is 3.74. The van der Waals surface area contributed by atoms with Gasteiger partial charge in [-0.3, -0.25) is 4.79 Å². The lowest BCUT2D eigenvalue weighted by Gasteiger charge is -2.10. The van der Waals surface area contributed by atoms with Gasteiger partial charge in [-0.05, 0) is 38.0 Å². The number of anilines is 1. The summed E-state index contributed by atoms with van der Waals surface area (Å²) in [6.45, 7) is 4.08. The van der Waals surface area contributed by atoms with Crippen LogP contribution in [0, 0.1) is 6.92 Å². The van der Waals surface area contributed by atoms with Crippen molar-refractivity contribution in [1.82, 2.24) is 0 Å². The van der Waals surface area contributed by atoms with Crippen molar-refractivity contribution in [1.29, 1.82) is 0 Å². The summed E-state index contributed by atoms with van der Waals surface area (Å²) < 4.78 is 5.00. The number of carbonyl (C=O) groups is 2. The van der Waals surface area contributed by atoms with Crippen LogP contribution in [0.3, 0.4) is 0 Å². The number of amides is 1. The highest BCUT2D eigenvalue weighted by Crippen LogP contribution is 2.17. The maximum Gasteiger partial charge on any atom is 0.340 e. The first-order valence-corrected chi connectivity index (χ1v) is 7.71. The number of aryl methyl sites for hydroxylation is 2. The van der Waals surface area contributed by atoms with E-state index in [1.807, 2.05) is 31.2 Å². The van der Waals surface area contributed by atoms with Crippen molar-refractivity contribution in [2.45, 2.75) is 26.7 Å². The molecular formula is C19H21NO3. The molecule has 0 unspecified atom stereocenters. The van der Waals surface area contributed by atoms with Crippen LogP contribution in [0.1, 0.15) is 34.8 Å². The van der Waals surface area contributed by atoms with E-state index in [1.165, 1.54) is 5.56 Å². The first kappa shape index (κ1) is 16.7. The summed E-state index contributed by atoms with van der Waals surface area (Å²) in [5, 5.41) is 2.79. The standard InChI is InChI=1S/C19H21NO3/c1-3-23-19(22)16-6-4-5-7-17(16)20-18(21)13-12-15-10-8-14(2)9-11-15/h4-11H,3,12-13H2,1-2H3,(H,20,21). The Morgan fingerprint density at radius 2 is 1.74 bits per heavy atom. The molecule has 2 aromatic rings. The molecule has 0 radical (unpaired) electrons. The van der Waals surface area contributed by atoms with Crippen LogP contribution in [-0.4, -0.2) is 18.5 Å². The highest BCUT2D eigenvalue weighted by Gasteiger charge is 2.13. The third kappa shape index (κ3) is 4.95. The van der Waals surface area contributed by atoms with Gasteiger partial charge in [0.15, 0.2) is 0 Å². The Kier molecular flexibility index (Phi) is 5.92. The third-order valence-corrected chi connectivity index (χ3v) is 3.46. The number of nitrogens with one attached hydrogen (secondary N) is 1. The molecule has 0 aromatic heterocycles. The molecule has 0 fully saturated rings. The highest BCUT2D eigenvalue weighted by atomic mass is 16.5. The predicted molar refractivity (Wildman–Crippen MR) is 90.5 cm³/mol. The minimum atomic E-state index is -0.429. The van der Waals surface area contributed by atoms with Gasteiger partial charge in [-0.25, -0.2) is 4.79 Å². The third-order valence-electron chi connectivity index (χ3n) is 3.46. The van der Waals surface area contributed by atoms with E-state index in [4.69, 9.17) is 4.74 Å². The van der Waals surface area contributed by atoms with Crippen molar-refractivity contribution in [2.24, 2.45) is 0 Å². The lowest BCUT2D eigenvalue weighted by atomic mass is 10.1. The van der Waals surface area contributed by atoms with Crippen LogP contribution in [0.5, 0.6) is 0 Å². The Morgan fingerprint density at radius 1 is 1.04 bits per heavy atom. The molecule has 0 bridgehead atoms. The fourth-order valence-corrected chi connectivity index (χ4v) is 2.20. The first-order valence-electron chi connectivity index (χ1n) is 7.71. The summed E-state index contributed by atoms with van der Waals surface area (Å²) in [4.78, 5) is 24.0. The molecule has 0 saturated carbocycles. The lowest BCUT2D eigenvalue weighted by molar-refractivity contribution is -0.116. The number of para-hydroxylation sites is 1. The molecule has 2 rings (SSSR count). The van der Waals surface area contributed by atoms with Crippen LogP contribution < -0.4 is 5.32 Å². The van der Waals surface area contributed by atoms with E-state index < -0.39 is 5.97 Å². The number of carbonyl (C=O) groups excluding carboxylic acids is 2. The zero-order valence-electron chi connectivity index (χ0n) is 13.5. The van der Waals surface area contributed by atoms with Crippen molar-refractivity contribution in [2.75, 3.05) is 11.9 Å². The molecule has 0 aliphatic carbocycles. The van der Waals surface area contributed by atoms with Crippen molar-refractivity contribution < 1.29 is 14.3 Å². The largest absolute Gasteiger partial charge is 0.462 e. The second kappa shape index (κ2) is 8.13. The molecule has 4 nitrogen and oxygen atoms in total. The topological polar surface area (TPSA) is 55.4 Å². The summed E-state index contributed by atoms with van der Waals surface area (Å²) in [6, 6.07) is 15.0. The number of rotatable bonds is 6. The second-order valence-corrected chi connectivity index (χ2v) is 5.30. The van der Waals surface area contributed by atoms with E-state index in [0.717, 1.165) is 5.56 Å². The molecule has 0 aliphatic heterocycles. The van der Waals surface area contributed by atoms with Crippen molar-refractivity contribution in [3.8, 4) is 0 Å². The molecule has 2 aromatic carbocycles. The van der Waals surface area contributed by atoms with Crippen LogP contribution in [0.25, 0.3) is 0 Å². The average molecular weight is 311 g/mol. The molecule has 0 spiro atoms. The number of esters is 1. The summed E-state index contributed by atoms with van der Waals surface area (Å²) in [7, 11) is 0. The maximum absolute atomic E-state index is 12.1. The lowest BCUT2D eigenvalue weighted by Crippen LogP contribution is -2.16. The zero-order valence-corrected chi connectivity index (χ0v) is 13.5. The molecule has 0 aliphatic rings. The van der Waals surface area contributed by atoms with Crippen LogP contribution in [0.4, 0.5) is 5.69 Å². The Hall–Kier alpha value is -2.62. The number of hydrogen-bond acceptors (Lipinski definition) is 3. The van der Waals surface area contributed by atoms with E-state index in [0.29, 0.717) is 30.7 Å². The van der Waals surface area contributed by atoms with E-state index >= 15 is 0 Å². The molecule has 1 N–H and O–H groups in total. The minimum Gasteiger partial charge on any atom is -0.462 e. The van der Waals surface area contributed by atoms with Crippen LogP contribution >= 0.6 is 0 Å².